The first-order valence-corrected chi connectivity index (χ1v) is 5.57. The summed E-state index contributed by atoms with van der Waals surface area (Å²) in [6.07, 6.45) is 1.51. The molecule has 1 aliphatic heterocycles. The van der Waals surface area contributed by atoms with Crippen LogP contribution in [0.2, 0.25) is 0 Å². The number of thiazole rings is 1. The summed E-state index contributed by atoms with van der Waals surface area (Å²) in [4.78, 5) is 6.10. The number of aromatic hydroxyl groups is 1. The van der Waals surface area contributed by atoms with Gasteiger partial charge in [0.25, 0.3) is 0 Å². The van der Waals surface area contributed by atoms with Gasteiger partial charge in [-0.25, -0.2) is 0 Å². The van der Waals surface area contributed by atoms with E-state index in [0.29, 0.717) is 0 Å². The van der Waals surface area contributed by atoms with E-state index in [1.54, 1.807) is 5.38 Å². The Kier molecular flexibility index (Phi) is 2.36. The number of nitrogens with zero attached hydrogens (tertiary/aromatic N) is 2. The monoisotopic (exact) mass is 214 g/mol. The average Bonchev–Trinajstić information content (AvgIpc) is 2.52. The summed E-state index contributed by atoms with van der Waals surface area (Å²) in [6, 6.07) is 0. The Balaban J connectivity index is 2.02. The van der Waals surface area contributed by atoms with Crippen molar-refractivity contribution < 1.29 is 10.2 Å². The Bertz CT molecular complexity index is 314. The second-order valence-electron chi connectivity index (χ2n) is 3.97. The zero-order valence-electron chi connectivity index (χ0n) is 8.10. The standard InChI is InChI=1S/C9H14N2O2S/c1-9(13)2-4-11(5-3-9)8-10-7(12)6-14-8/h6,12-13H,2-5H2,1H3. The highest BCUT2D eigenvalue weighted by molar-refractivity contribution is 7.13. The van der Waals surface area contributed by atoms with E-state index < -0.39 is 5.60 Å². The minimum absolute atomic E-state index is 0.0855. The van der Waals surface area contributed by atoms with Crippen molar-refractivity contribution in [2.24, 2.45) is 0 Å². The van der Waals surface area contributed by atoms with Crippen molar-refractivity contribution in [2.45, 2.75) is 25.4 Å². The van der Waals surface area contributed by atoms with Gasteiger partial charge in [0.05, 0.1) is 11.0 Å². The highest BCUT2D eigenvalue weighted by Gasteiger charge is 2.28. The summed E-state index contributed by atoms with van der Waals surface area (Å²) in [5.41, 5.74) is -0.532. The first-order valence-electron chi connectivity index (χ1n) is 4.69. The summed E-state index contributed by atoms with van der Waals surface area (Å²) in [6.45, 7) is 3.48. The van der Waals surface area contributed by atoms with Crippen LogP contribution in [0.1, 0.15) is 19.8 Å². The van der Waals surface area contributed by atoms with Gasteiger partial charge in [0.2, 0.25) is 5.88 Å². The minimum Gasteiger partial charge on any atom is -0.493 e. The molecule has 1 saturated heterocycles. The molecular formula is C9H14N2O2S. The van der Waals surface area contributed by atoms with Crippen LogP contribution in [-0.4, -0.2) is 33.9 Å². The number of anilines is 1. The minimum atomic E-state index is -0.532. The quantitative estimate of drug-likeness (QED) is 0.737. The van der Waals surface area contributed by atoms with Crippen LogP contribution >= 0.6 is 11.3 Å². The zero-order valence-corrected chi connectivity index (χ0v) is 8.92. The molecule has 0 spiro atoms. The Morgan fingerprint density at radius 2 is 2.14 bits per heavy atom. The van der Waals surface area contributed by atoms with Gasteiger partial charge in [-0.3, -0.25) is 0 Å². The predicted molar refractivity (Wildman–Crippen MR) is 55.8 cm³/mol. The molecule has 5 heteroatoms. The van der Waals surface area contributed by atoms with Crippen LogP contribution in [-0.2, 0) is 0 Å². The average molecular weight is 214 g/mol. The van der Waals surface area contributed by atoms with E-state index in [2.05, 4.69) is 9.88 Å². The molecule has 0 unspecified atom stereocenters. The first-order chi connectivity index (χ1) is 6.57. The highest BCUT2D eigenvalue weighted by atomic mass is 32.1. The zero-order chi connectivity index (χ0) is 10.2. The molecule has 14 heavy (non-hydrogen) atoms. The van der Waals surface area contributed by atoms with Crippen LogP contribution in [0.3, 0.4) is 0 Å². The molecule has 2 rings (SSSR count). The second-order valence-corrected chi connectivity index (χ2v) is 4.81. The predicted octanol–water partition coefficient (Wildman–Crippen LogP) is 1.20. The molecule has 0 amide bonds. The van der Waals surface area contributed by atoms with Crippen LogP contribution < -0.4 is 4.90 Å². The van der Waals surface area contributed by atoms with Crippen molar-refractivity contribution in [2.75, 3.05) is 18.0 Å². The van der Waals surface area contributed by atoms with Gasteiger partial charge in [-0.05, 0) is 19.8 Å². The second kappa shape index (κ2) is 3.40. The van der Waals surface area contributed by atoms with E-state index in [4.69, 9.17) is 5.11 Å². The smallest absolute Gasteiger partial charge is 0.223 e. The molecule has 2 heterocycles. The van der Waals surface area contributed by atoms with Crippen LogP contribution in [0.5, 0.6) is 5.88 Å². The number of piperidine rings is 1. The third kappa shape index (κ3) is 1.99. The Hall–Kier alpha value is -0.810. The van der Waals surface area contributed by atoms with Gasteiger partial charge < -0.3 is 15.1 Å². The Morgan fingerprint density at radius 3 is 2.64 bits per heavy atom. The fourth-order valence-electron chi connectivity index (χ4n) is 1.58. The SMILES string of the molecule is CC1(O)CCN(c2nc(O)cs2)CC1. The maximum Gasteiger partial charge on any atom is 0.223 e. The molecule has 4 nitrogen and oxygen atoms in total. The van der Waals surface area contributed by atoms with Crippen molar-refractivity contribution in [3.05, 3.63) is 5.38 Å². The van der Waals surface area contributed by atoms with Gasteiger partial charge in [0.15, 0.2) is 5.13 Å². The van der Waals surface area contributed by atoms with E-state index in [9.17, 15) is 5.11 Å². The number of hydrogen-bond acceptors (Lipinski definition) is 5. The summed E-state index contributed by atoms with van der Waals surface area (Å²) < 4.78 is 0. The molecule has 1 aromatic heterocycles. The van der Waals surface area contributed by atoms with E-state index in [-0.39, 0.29) is 5.88 Å². The number of aliphatic hydroxyl groups is 1. The molecule has 78 valence electrons. The van der Waals surface area contributed by atoms with E-state index in [1.807, 2.05) is 6.92 Å². The molecule has 1 aliphatic rings. The maximum absolute atomic E-state index is 9.75. The third-order valence-electron chi connectivity index (χ3n) is 2.59. The Morgan fingerprint density at radius 1 is 1.50 bits per heavy atom. The molecule has 0 bridgehead atoms. The van der Waals surface area contributed by atoms with Crippen LogP contribution in [0, 0.1) is 0 Å². The van der Waals surface area contributed by atoms with Crippen molar-refractivity contribution in [3.63, 3.8) is 0 Å². The maximum atomic E-state index is 9.75. The molecule has 1 aromatic rings. The van der Waals surface area contributed by atoms with Crippen molar-refractivity contribution >= 4 is 16.5 Å². The largest absolute Gasteiger partial charge is 0.493 e. The lowest BCUT2D eigenvalue weighted by Gasteiger charge is -2.35. The molecule has 0 aromatic carbocycles. The van der Waals surface area contributed by atoms with E-state index in [0.717, 1.165) is 31.1 Å². The summed E-state index contributed by atoms with van der Waals surface area (Å²) >= 11 is 1.44. The lowest BCUT2D eigenvalue weighted by Crippen LogP contribution is -2.42. The molecule has 0 aliphatic carbocycles. The van der Waals surface area contributed by atoms with Crippen LogP contribution in [0.15, 0.2) is 5.38 Å². The summed E-state index contributed by atoms with van der Waals surface area (Å²) in [5, 5.41) is 21.3. The van der Waals surface area contributed by atoms with Gasteiger partial charge in [0, 0.05) is 13.1 Å². The summed E-state index contributed by atoms with van der Waals surface area (Å²) in [7, 11) is 0. The highest BCUT2D eigenvalue weighted by Crippen LogP contribution is 2.29. The molecule has 0 atom stereocenters. The normalized spacial score (nSPS) is 21.1. The van der Waals surface area contributed by atoms with Gasteiger partial charge >= 0.3 is 0 Å². The molecule has 0 radical (unpaired) electrons. The van der Waals surface area contributed by atoms with E-state index in [1.165, 1.54) is 11.3 Å². The Labute approximate surface area is 86.8 Å². The number of aromatic nitrogens is 1. The molecule has 1 fully saturated rings. The van der Waals surface area contributed by atoms with Gasteiger partial charge in [-0.1, -0.05) is 0 Å². The lowest BCUT2D eigenvalue weighted by molar-refractivity contribution is 0.0351. The van der Waals surface area contributed by atoms with Crippen molar-refractivity contribution in [1.82, 2.24) is 4.98 Å². The molecule has 2 N–H and O–H groups in total. The fourth-order valence-corrected chi connectivity index (χ4v) is 2.32. The van der Waals surface area contributed by atoms with Gasteiger partial charge in [0.1, 0.15) is 0 Å². The van der Waals surface area contributed by atoms with Crippen molar-refractivity contribution in [1.29, 1.82) is 0 Å². The number of hydrogen-bond donors (Lipinski definition) is 2. The van der Waals surface area contributed by atoms with E-state index >= 15 is 0 Å². The number of rotatable bonds is 1. The van der Waals surface area contributed by atoms with Crippen LogP contribution in [0.25, 0.3) is 0 Å². The lowest BCUT2D eigenvalue weighted by atomic mass is 9.94. The van der Waals surface area contributed by atoms with Crippen molar-refractivity contribution in [3.8, 4) is 5.88 Å². The third-order valence-corrected chi connectivity index (χ3v) is 3.48. The van der Waals surface area contributed by atoms with Crippen LogP contribution in [0.4, 0.5) is 5.13 Å². The first kappa shape index (κ1) is 9.73. The summed E-state index contributed by atoms with van der Waals surface area (Å²) in [5.74, 6) is 0.0855. The van der Waals surface area contributed by atoms with Gasteiger partial charge in [-0.15, -0.1) is 11.3 Å². The molecular weight excluding hydrogens is 200 g/mol. The molecule has 0 saturated carbocycles. The van der Waals surface area contributed by atoms with Gasteiger partial charge in [-0.2, -0.15) is 4.98 Å². The fraction of sp³-hybridized carbons (Fsp3) is 0.667. The topological polar surface area (TPSA) is 56.6 Å².